The summed E-state index contributed by atoms with van der Waals surface area (Å²) < 4.78 is 11.5. The molecule has 2 aliphatic rings. The first-order chi connectivity index (χ1) is 13.6. The predicted molar refractivity (Wildman–Crippen MR) is 111 cm³/mol. The highest BCUT2D eigenvalue weighted by atomic mass is 16.5. The van der Waals surface area contributed by atoms with Crippen molar-refractivity contribution >= 4 is 5.91 Å². The van der Waals surface area contributed by atoms with E-state index in [2.05, 4.69) is 48.3 Å². The standard InChI is InChI=1S/C23H36N2O3/c1-19(2)17-28-21-8-12-25(13-9-21)16-22(26)24-18-23(10-14-27-15-11-23)20-6-4-3-5-7-20/h3-7,19,21H,8-18H2,1-2H3,(H,24,26). The molecule has 0 bridgehead atoms. The van der Waals surface area contributed by atoms with Gasteiger partial charge in [0, 0.05) is 44.9 Å². The zero-order valence-corrected chi connectivity index (χ0v) is 17.5. The quantitative estimate of drug-likeness (QED) is 0.744. The normalized spacial score (nSPS) is 21.0. The Kier molecular flexibility index (Phi) is 7.89. The van der Waals surface area contributed by atoms with E-state index in [4.69, 9.17) is 9.47 Å². The Bertz CT molecular complexity index is 591. The summed E-state index contributed by atoms with van der Waals surface area (Å²) in [6.07, 6.45) is 4.30. The van der Waals surface area contributed by atoms with Gasteiger partial charge in [0.25, 0.3) is 0 Å². The van der Waals surface area contributed by atoms with Crippen LogP contribution >= 0.6 is 0 Å². The average Bonchev–Trinajstić information content (AvgIpc) is 2.73. The summed E-state index contributed by atoms with van der Waals surface area (Å²) in [5.74, 6) is 0.703. The summed E-state index contributed by atoms with van der Waals surface area (Å²) in [5.41, 5.74) is 1.30. The maximum absolute atomic E-state index is 12.6. The van der Waals surface area contributed by atoms with Gasteiger partial charge in [0.2, 0.25) is 5.91 Å². The van der Waals surface area contributed by atoms with Crippen molar-refractivity contribution in [3.8, 4) is 0 Å². The Morgan fingerprint density at radius 2 is 1.89 bits per heavy atom. The summed E-state index contributed by atoms with van der Waals surface area (Å²) in [7, 11) is 0. The summed E-state index contributed by atoms with van der Waals surface area (Å²) in [6.45, 7) is 9.76. The molecule has 156 valence electrons. The van der Waals surface area contributed by atoms with Gasteiger partial charge in [-0.2, -0.15) is 0 Å². The van der Waals surface area contributed by atoms with Gasteiger partial charge >= 0.3 is 0 Å². The Balaban J connectivity index is 1.45. The topological polar surface area (TPSA) is 50.8 Å². The smallest absolute Gasteiger partial charge is 0.234 e. The van der Waals surface area contributed by atoms with Crippen LogP contribution in [0.25, 0.3) is 0 Å². The van der Waals surface area contributed by atoms with Crippen LogP contribution in [0.15, 0.2) is 30.3 Å². The lowest BCUT2D eigenvalue weighted by Crippen LogP contribution is -2.48. The highest BCUT2D eigenvalue weighted by Crippen LogP contribution is 2.34. The molecule has 2 saturated heterocycles. The van der Waals surface area contributed by atoms with E-state index in [9.17, 15) is 4.79 Å². The van der Waals surface area contributed by atoms with Gasteiger partial charge in [0.15, 0.2) is 0 Å². The largest absolute Gasteiger partial charge is 0.381 e. The SMILES string of the molecule is CC(C)COC1CCN(CC(=O)NCC2(c3ccccc3)CCOCC2)CC1. The molecule has 2 fully saturated rings. The molecule has 1 N–H and O–H groups in total. The third-order valence-corrected chi connectivity index (χ3v) is 6.03. The van der Waals surface area contributed by atoms with Crippen LogP contribution in [0, 0.1) is 5.92 Å². The van der Waals surface area contributed by atoms with Crippen molar-refractivity contribution in [3.63, 3.8) is 0 Å². The van der Waals surface area contributed by atoms with Crippen LogP contribution < -0.4 is 5.32 Å². The van der Waals surface area contributed by atoms with Crippen LogP contribution in [0.4, 0.5) is 0 Å². The number of rotatable bonds is 8. The summed E-state index contributed by atoms with van der Waals surface area (Å²) in [4.78, 5) is 14.9. The monoisotopic (exact) mass is 388 g/mol. The lowest BCUT2D eigenvalue weighted by Gasteiger charge is -2.38. The van der Waals surface area contributed by atoms with Crippen molar-refractivity contribution in [2.75, 3.05) is 46.0 Å². The zero-order valence-electron chi connectivity index (χ0n) is 17.5. The van der Waals surface area contributed by atoms with E-state index in [1.54, 1.807) is 0 Å². The van der Waals surface area contributed by atoms with Gasteiger partial charge in [0.1, 0.15) is 0 Å². The Morgan fingerprint density at radius 1 is 1.21 bits per heavy atom. The van der Waals surface area contributed by atoms with Crippen LogP contribution in [-0.4, -0.2) is 62.9 Å². The number of carbonyl (C=O) groups excluding carboxylic acids is 1. The minimum Gasteiger partial charge on any atom is -0.381 e. The van der Waals surface area contributed by atoms with Crippen LogP contribution in [0.2, 0.25) is 0 Å². The molecule has 0 spiro atoms. The summed E-state index contributed by atoms with van der Waals surface area (Å²) in [6, 6.07) is 10.6. The van der Waals surface area contributed by atoms with E-state index in [-0.39, 0.29) is 11.3 Å². The Labute approximate surface area is 169 Å². The fourth-order valence-electron chi connectivity index (χ4n) is 4.21. The molecular formula is C23H36N2O3. The molecule has 5 heteroatoms. The molecule has 5 nitrogen and oxygen atoms in total. The molecule has 0 saturated carbocycles. The van der Waals surface area contributed by atoms with E-state index in [0.29, 0.717) is 25.1 Å². The fraction of sp³-hybridized carbons (Fsp3) is 0.696. The molecule has 0 aliphatic carbocycles. The van der Waals surface area contributed by atoms with Crippen molar-refractivity contribution in [1.82, 2.24) is 10.2 Å². The van der Waals surface area contributed by atoms with Gasteiger partial charge in [-0.3, -0.25) is 9.69 Å². The number of carbonyl (C=O) groups is 1. The third kappa shape index (κ3) is 6.03. The number of piperidine rings is 1. The van der Waals surface area contributed by atoms with Crippen LogP contribution in [0.5, 0.6) is 0 Å². The number of benzene rings is 1. The molecule has 0 atom stereocenters. The summed E-state index contributed by atoms with van der Waals surface area (Å²) >= 11 is 0. The third-order valence-electron chi connectivity index (χ3n) is 6.03. The first-order valence-electron chi connectivity index (χ1n) is 10.8. The van der Waals surface area contributed by atoms with Gasteiger partial charge in [-0.1, -0.05) is 44.2 Å². The average molecular weight is 389 g/mol. The van der Waals surface area contributed by atoms with E-state index in [1.807, 2.05) is 6.07 Å². The molecule has 1 aromatic rings. The minimum atomic E-state index is -0.00709. The fourth-order valence-corrected chi connectivity index (χ4v) is 4.21. The molecule has 2 aliphatic heterocycles. The highest BCUT2D eigenvalue weighted by molar-refractivity contribution is 5.78. The first kappa shape index (κ1) is 21.3. The van der Waals surface area contributed by atoms with Gasteiger partial charge in [0.05, 0.1) is 12.6 Å². The van der Waals surface area contributed by atoms with Crippen LogP contribution in [-0.2, 0) is 19.7 Å². The maximum atomic E-state index is 12.6. The molecule has 0 aromatic heterocycles. The van der Waals surface area contributed by atoms with Gasteiger partial charge in [-0.15, -0.1) is 0 Å². The molecule has 1 amide bonds. The molecule has 28 heavy (non-hydrogen) atoms. The molecule has 0 radical (unpaired) electrons. The summed E-state index contributed by atoms with van der Waals surface area (Å²) in [5, 5.41) is 3.22. The van der Waals surface area contributed by atoms with Crippen molar-refractivity contribution in [1.29, 1.82) is 0 Å². The van der Waals surface area contributed by atoms with E-state index >= 15 is 0 Å². The number of nitrogens with zero attached hydrogens (tertiary/aromatic N) is 1. The van der Waals surface area contributed by atoms with Crippen LogP contribution in [0.1, 0.15) is 45.1 Å². The molecule has 3 rings (SSSR count). The van der Waals surface area contributed by atoms with Crippen molar-refractivity contribution in [2.45, 2.75) is 51.0 Å². The molecule has 2 heterocycles. The first-order valence-corrected chi connectivity index (χ1v) is 10.8. The highest BCUT2D eigenvalue weighted by Gasteiger charge is 2.35. The molecule has 0 unspecified atom stereocenters. The van der Waals surface area contributed by atoms with Crippen molar-refractivity contribution in [3.05, 3.63) is 35.9 Å². The zero-order chi connectivity index (χ0) is 19.8. The lowest BCUT2D eigenvalue weighted by atomic mass is 9.74. The van der Waals surface area contributed by atoms with Gasteiger partial charge in [-0.25, -0.2) is 0 Å². The van der Waals surface area contributed by atoms with Crippen molar-refractivity contribution in [2.24, 2.45) is 5.92 Å². The number of hydrogen-bond donors (Lipinski definition) is 1. The van der Waals surface area contributed by atoms with Gasteiger partial charge in [-0.05, 0) is 37.2 Å². The number of nitrogens with one attached hydrogen (secondary N) is 1. The Hall–Kier alpha value is -1.43. The van der Waals surface area contributed by atoms with Crippen LogP contribution in [0.3, 0.4) is 0 Å². The second kappa shape index (κ2) is 10.4. The van der Waals surface area contributed by atoms with E-state index < -0.39 is 0 Å². The second-order valence-corrected chi connectivity index (χ2v) is 8.74. The second-order valence-electron chi connectivity index (χ2n) is 8.74. The molecule has 1 aromatic carbocycles. The van der Waals surface area contributed by atoms with Crippen molar-refractivity contribution < 1.29 is 14.3 Å². The minimum absolute atomic E-state index is 0.00709. The number of ether oxygens (including phenoxy) is 2. The number of hydrogen-bond acceptors (Lipinski definition) is 4. The Morgan fingerprint density at radius 3 is 2.54 bits per heavy atom. The van der Waals surface area contributed by atoms with E-state index in [1.165, 1.54) is 5.56 Å². The number of amides is 1. The number of likely N-dealkylation sites (tertiary alicyclic amines) is 1. The lowest BCUT2D eigenvalue weighted by molar-refractivity contribution is -0.123. The maximum Gasteiger partial charge on any atom is 0.234 e. The van der Waals surface area contributed by atoms with E-state index in [0.717, 1.165) is 58.6 Å². The molecular weight excluding hydrogens is 352 g/mol. The predicted octanol–water partition coefficient (Wildman–Crippen LogP) is 2.99. The van der Waals surface area contributed by atoms with Gasteiger partial charge < -0.3 is 14.8 Å².